The van der Waals surface area contributed by atoms with Crippen molar-refractivity contribution in [2.24, 2.45) is 0 Å². The van der Waals surface area contributed by atoms with Crippen molar-refractivity contribution in [3.8, 4) is 0 Å². The molecule has 24 heavy (non-hydrogen) atoms. The first kappa shape index (κ1) is 17.2. The zero-order chi connectivity index (χ0) is 17.3. The first-order valence-corrected chi connectivity index (χ1v) is 8.65. The van der Waals surface area contributed by atoms with Gasteiger partial charge in [-0.3, -0.25) is 4.79 Å². The highest BCUT2D eigenvalue weighted by Gasteiger charge is 2.35. The molecule has 1 saturated heterocycles. The van der Waals surface area contributed by atoms with Crippen molar-refractivity contribution in [1.29, 1.82) is 0 Å². The maximum Gasteiger partial charge on any atom is 0.254 e. The third kappa shape index (κ3) is 3.27. The number of benzene rings is 1. The van der Waals surface area contributed by atoms with Gasteiger partial charge < -0.3 is 19.9 Å². The normalized spacial score (nSPS) is 21.8. The van der Waals surface area contributed by atoms with Crippen LogP contribution < -0.4 is 5.32 Å². The lowest BCUT2D eigenvalue weighted by molar-refractivity contribution is -0.131. The van der Waals surface area contributed by atoms with E-state index in [-0.39, 0.29) is 11.9 Å². The van der Waals surface area contributed by atoms with Crippen LogP contribution >= 0.6 is 23.8 Å². The zero-order valence-corrected chi connectivity index (χ0v) is 15.3. The highest BCUT2D eigenvalue weighted by molar-refractivity contribution is 7.80. The van der Waals surface area contributed by atoms with Gasteiger partial charge in [-0.05, 0) is 36.8 Å². The Morgan fingerprint density at radius 3 is 2.75 bits per heavy atom. The number of hydrogen-bond acceptors (Lipinski definition) is 3. The molecule has 128 valence electrons. The number of thiocarbonyl (C=S) groups is 1. The Bertz CT molecular complexity index is 701. The van der Waals surface area contributed by atoms with Crippen LogP contribution in [-0.2, 0) is 9.53 Å². The van der Waals surface area contributed by atoms with Crippen molar-refractivity contribution < 1.29 is 9.53 Å². The molecule has 5 nitrogen and oxygen atoms in total. The molecule has 1 amide bonds. The fraction of sp³-hybridized carbons (Fsp3) is 0.412. The van der Waals surface area contributed by atoms with Gasteiger partial charge in [-0.25, -0.2) is 0 Å². The molecule has 1 N–H and O–H groups in total. The predicted molar refractivity (Wildman–Crippen MR) is 97.8 cm³/mol. The Hall–Kier alpha value is -1.63. The molecule has 1 fully saturated rings. The summed E-state index contributed by atoms with van der Waals surface area (Å²) >= 11 is 11.6. The standard InChI is InChI=1S/C17H20ClN3O2S/c1-11-14(16(22)21-6-8-23-9-7-21)15(19-17(24)20(11)2)12-4-3-5-13(18)10-12/h3-5,10,15H,6-9H2,1-2H3,(H,19,24). The number of allylic oxidation sites excluding steroid dienone is 1. The molecule has 0 spiro atoms. The van der Waals surface area contributed by atoms with Gasteiger partial charge in [-0.2, -0.15) is 0 Å². The smallest absolute Gasteiger partial charge is 0.254 e. The molecule has 0 saturated carbocycles. The molecular weight excluding hydrogens is 346 g/mol. The molecule has 0 bridgehead atoms. The van der Waals surface area contributed by atoms with E-state index in [0.717, 1.165) is 11.3 Å². The van der Waals surface area contributed by atoms with E-state index in [0.29, 0.717) is 42.0 Å². The van der Waals surface area contributed by atoms with E-state index >= 15 is 0 Å². The third-order valence-electron chi connectivity index (χ3n) is 4.46. The Morgan fingerprint density at radius 2 is 2.08 bits per heavy atom. The minimum Gasteiger partial charge on any atom is -0.378 e. The molecule has 1 aromatic rings. The highest BCUT2D eigenvalue weighted by atomic mass is 35.5. The lowest BCUT2D eigenvalue weighted by Crippen LogP contribution is -2.50. The zero-order valence-electron chi connectivity index (χ0n) is 13.7. The van der Waals surface area contributed by atoms with E-state index in [1.807, 2.05) is 48.0 Å². The number of halogens is 1. The summed E-state index contributed by atoms with van der Waals surface area (Å²) in [6.07, 6.45) is 0. The Morgan fingerprint density at radius 1 is 1.38 bits per heavy atom. The summed E-state index contributed by atoms with van der Waals surface area (Å²) < 4.78 is 5.36. The number of carbonyl (C=O) groups is 1. The number of hydrogen-bond donors (Lipinski definition) is 1. The molecule has 0 radical (unpaired) electrons. The fourth-order valence-electron chi connectivity index (χ4n) is 2.99. The second-order valence-corrected chi connectivity index (χ2v) is 6.72. The van der Waals surface area contributed by atoms with Gasteiger partial charge in [0.05, 0.1) is 24.8 Å². The van der Waals surface area contributed by atoms with E-state index in [1.165, 1.54) is 0 Å². The van der Waals surface area contributed by atoms with Crippen molar-refractivity contribution in [1.82, 2.24) is 15.1 Å². The van der Waals surface area contributed by atoms with Crippen LogP contribution in [0, 0.1) is 0 Å². The molecule has 2 aliphatic heterocycles. The van der Waals surface area contributed by atoms with Gasteiger partial charge in [0.2, 0.25) is 0 Å². The molecule has 2 heterocycles. The van der Waals surface area contributed by atoms with Gasteiger partial charge in [0.25, 0.3) is 5.91 Å². The molecule has 1 aromatic carbocycles. The number of carbonyl (C=O) groups excluding carboxylic acids is 1. The lowest BCUT2D eigenvalue weighted by atomic mass is 9.94. The number of morpholine rings is 1. The van der Waals surface area contributed by atoms with Crippen molar-refractivity contribution in [3.63, 3.8) is 0 Å². The molecule has 1 atom stereocenters. The van der Waals surface area contributed by atoms with Crippen molar-refractivity contribution in [2.45, 2.75) is 13.0 Å². The van der Waals surface area contributed by atoms with Gasteiger partial charge >= 0.3 is 0 Å². The van der Waals surface area contributed by atoms with E-state index in [1.54, 1.807) is 0 Å². The first-order valence-electron chi connectivity index (χ1n) is 7.86. The van der Waals surface area contributed by atoms with Crippen molar-refractivity contribution in [3.05, 3.63) is 46.1 Å². The van der Waals surface area contributed by atoms with Crippen LogP contribution in [0.25, 0.3) is 0 Å². The number of nitrogens with one attached hydrogen (secondary N) is 1. The van der Waals surface area contributed by atoms with Crippen LogP contribution in [0.2, 0.25) is 5.02 Å². The topological polar surface area (TPSA) is 44.8 Å². The van der Waals surface area contributed by atoms with Crippen LogP contribution in [0.5, 0.6) is 0 Å². The predicted octanol–water partition coefficient (Wildman–Crippen LogP) is 2.33. The summed E-state index contributed by atoms with van der Waals surface area (Å²) in [6.45, 7) is 4.28. The number of rotatable bonds is 2. The van der Waals surface area contributed by atoms with Crippen molar-refractivity contribution in [2.75, 3.05) is 33.4 Å². The summed E-state index contributed by atoms with van der Waals surface area (Å²) in [6, 6.07) is 7.22. The first-order chi connectivity index (χ1) is 11.5. The van der Waals surface area contributed by atoms with Crippen LogP contribution in [0.4, 0.5) is 0 Å². The monoisotopic (exact) mass is 365 g/mol. The third-order valence-corrected chi connectivity index (χ3v) is 5.09. The van der Waals surface area contributed by atoms with E-state index in [4.69, 9.17) is 28.6 Å². The van der Waals surface area contributed by atoms with Gasteiger partial charge in [-0.1, -0.05) is 23.7 Å². The van der Waals surface area contributed by atoms with Gasteiger partial charge in [0.15, 0.2) is 5.11 Å². The second-order valence-electron chi connectivity index (χ2n) is 5.90. The van der Waals surface area contributed by atoms with Crippen molar-refractivity contribution >= 4 is 34.8 Å². The highest BCUT2D eigenvalue weighted by Crippen LogP contribution is 2.32. The summed E-state index contributed by atoms with van der Waals surface area (Å²) in [5, 5.41) is 4.50. The van der Waals surface area contributed by atoms with Crippen LogP contribution in [0.15, 0.2) is 35.5 Å². The molecule has 2 aliphatic rings. The maximum absolute atomic E-state index is 13.2. The average molecular weight is 366 g/mol. The minimum atomic E-state index is -0.303. The van der Waals surface area contributed by atoms with Gasteiger partial charge in [0, 0.05) is 30.9 Å². The van der Waals surface area contributed by atoms with Gasteiger partial charge in [-0.15, -0.1) is 0 Å². The van der Waals surface area contributed by atoms with E-state index in [9.17, 15) is 4.79 Å². The summed E-state index contributed by atoms with van der Waals surface area (Å²) in [4.78, 5) is 16.8. The van der Waals surface area contributed by atoms with Crippen LogP contribution in [-0.4, -0.2) is 54.2 Å². The number of nitrogens with zero attached hydrogens (tertiary/aromatic N) is 2. The quantitative estimate of drug-likeness (QED) is 0.815. The molecule has 3 rings (SSSR count). The molecule has 1 unspecified atom stereocenters. The summed E-state index contributed by atoms with van der Waals surface area (Å²) in [5.41, 5.74) is 2.49. The number of amides is 1. The van der Waals surface area contributed by atoms with Crippen LogP contribution in [0.3, 0.4) is 0 Å². The number of ether oxygens (including phenoxy) is 1. The second kappa shape index (κ2) is 7.09. The van der Waals surface area contributed by atoms with E-state index < -0.39 is 0 Å². The Kier molecular flexibility index (Phi) is 5.08. The Balaban J connectivity index is 2.02. The average Bonchev–Trinajstić information content (AvgIpc) is 2.59. The van der Waals surface area contributed by atoms with Crippen LogP contribution in [0.1, 0.15) is 18.5 Å². The fourth-order valence-corrected chi connectivity index (χ4v) is 3.44. The van der Waals surface area contributed by atoms with E-state index in [2.05, 4.69) is 5.32 Å². The largest absolute Gasteiger partial charge is 0.378 e. The summed E-state index contributed by atoms with van der Waals surface area (Å²) in [7, 11) is 1.87. The van der Waals surface area contributed by atoms with Gasteiger partial charge in [0.1, 0.15) is 0 Å². The molecule has 0 aromatic heterocycles. The lowest BCUT2D eigenvalue weighted by Gasteiger charge is -2.38. The Labute approximate surface area is 152 Å². The molecule has 7 heteroatoms. The summed E-state index contributed by atoms with van der Waals surface area (Å²) in [5.74, 6) is 0.0163. The maximum atomic E-state index is 13.2. The SMILES string of the molecule is CC1=C(C(=O)N2CCOCC2)C(c2cccc(Cl)c2)NC(=S)N1C. The minimum absolute atomic E-state index is 0.0163. The molecular formula is C17H20ClN3O2S. The molecule has 0 aliphatic carbocycles.